The topological polar surface area (TPSA) is 86.8 Å². The average Bonchev–Trinajstić information content (AvgIpc) is 2.98. The highest BCUT2D eigenvalue weighted by molar-refractivity contribution is 7.92. The SMILES string of the molecule is Cc1ccc(N(CC(=O)N(Cc2cccc(Cl)c2)[C@H](Cc2ccccc2)C(=O)NC(C)C)S(=O)(=O)c2ccc(Cl)cc2)cc1. The minimum Gasteiger partial charge on any atom is -0.352 e. The maximum absolute atomic E-state index is 14.4. The van der Waals surface area contributed by atoms with Crippen LogP contribution in [0.1, 0.15) is 30.5 Å². The standard InChI is InChI=1S/C34H35Cl2N3O4S/c1-24(2)37-34(41)32(21-26-8-5-4-6-9-26)38(22-27-10-7-11-29(36)20-27)33(40)23-39(30-16-12-25(3)13-17-30)44(42,43)31-18-14-28(35)15-19-31/h4-20,24,32H,21-23H2,1-3H3,(H,37,41)/t32-/m1/s1. The molecule has 230 valence electrons. The maximum Gasteiger partial charge on any atom is 0.264 e. The van der Waals surface area contributed by atoms with Crippen LogP contribution >= 0.6 is 23.2 Å². The molecule has 1 atom stereocenters. The van der Waals surface area contributed by atoms with E-state index in [0.29, 0.717) is 21.3 Å². The smallest absolute Gasteiger partial charge is 0.264 e. The van der Waals surface area contributed by atoms with Crippen LogP contribution in [0, 0.1) is 6.92 Å². The van der Waals surface area contributed by atoms with Crippen LogP contribution < -0.4 is 9.62 Å². The highest BCUT2D eigenvalue weighted by atomic mass is 35.5. The second kappa shape index (κ2) is 14.8. The fourth-order valence-electron chi connectivity index (χ4n) is 4.74. The molecule has 0 saturated heterocycles. The molecule has 4 rings (SSSR count). The van der Waals surface area contributed by atoms with Crippen molar-refractivity contribution in [2.24, 2.45) is 0 Å². The van der Waals surface area contributed by atoms with Crippen LogP contribution in [0.4, 0.5) is 5.69 Å². The highest BCUT2D eigenvalue weighted by Gasteiger charge is 2.34. The molecule has 44 heavy (non-hydrogen) atoms. The van der Waals surface area contributed by atoms with E-state index in [0.717, 1.165) is 15.4 Å². The fourth-order valence-corrected chi connectivity index (χ4v) is 6.49. The summed E-state index contributed by atoms with van der Waals surface area (Å²) in [6.07, 6.45) is 0.222. The zero-order valence-electron chi connectivity index (χ0n) is 24.8. The normalized spacial score (nSPS) is 12.0. The molecule has 0 bridgehead atoms. The van der Waals surface area contributed by atoms with Gasteiger partial charge in [0.15, 0.2) is 0 Å². The second-order valence-corrected chi connectivity index (χ2v) is 13.6. The molecule has 0 aliphatic carbocycles. The molecular formula is C34H35Cl2N3O4S. The molecule has 0 aromatic heterocycles. The summed E-state index contributed by atoms with van der Waals surface area (Å²) >= 11 is 12.3. The Morgan fingerprint density at radius 1 is 0.795 bits per heavy atom. The van der Waals surface area contributed by atoms with E-state index in [4.69, 9.17) is 23.2 Å². The lowest BCUT2D eigenvalue weighted by Gasteiger charge is -2.34. The second-order valence-electron chi connectivity index (χ2n) is 10.8. The van der Waals surface area contributed by atoms with Crippen LogP contribution in [-0.4, -0.2) is 43.8 Å². The van der Waals surface area contributed by atoms with Crippen LogP contribution in [0.2, 0.25) is 10.0 Å². The number of anilines is 1. The van der Waals surface area contributed by atoms with Crippen molar-refractivity contribution in [3.63, 3.8) is 0 Å². The van der Waals surface area contributed by atoms with Gasteiger partial charge in [-0.2, -0.15) is 0 Å². The number of nitrogens with one attached hydrogen (secondary N) is 1. The van der Waals surface area contributed by atoms with Crippen LogP contribution in [0.5, 0.6) is 0 Å². The van der Waals surface area contributed by atoms with Crippen molar-refractivity contribution in [3.8, 4) is 0 Å². The third kappa shape index (κ3) is 8.62. The molecule has 0 spiro atoms. The van der Waals surface area contributed by atoms with Crippen molar-refractivity contribution in [3.05, 3.63) is 130 Å². The van der Waals surface area contributed by atoms with Crippen molar-refractivity contribution in [2.45, 2.75) is 50.7 Å². The van der Waals surface area contributed by atoms with Gasteiger partial charge in [-0.05, 0) is 80.4 Å². The number of hydrogen-bond acceptors (Lipinski definition) is 4. The molecule has 4 aromatic rings. The zero-order valence-corrected chi connectivity index (χ0v) is 27.1. The summed E-state index contributed by atoms with van der Waals surface area (Å²) in [5.41, 5.74) is 2.79. The molecule has 0 heterocycles. The van der Waals surface area contributed by atoms with Gasteiger partial charge in [-0.3, -0.25) is 13.9 Å². The van der Waals surface area contributed by atoms with Crippen molar-refractivity contribution in [1.29, 1.82) is 0 Å². The number of carbonyl (C=O) groups excluding carboxylic acids is 2. The first kappa shape index (κ1) is 33.1. The van der Waals surface area contributed by atoms with Gasteiger partial charge in [0, 0.05) is 29.1 Å². The van der Waals surface area contributed by atoms with Gasteiger partial charge >= 0.3 is 0 Å². The molecule has 4 aromatic carbocycles. The summed E-state index contributed by atoms with van der Waals surface area (Å²) in [5.74, 6) is -0.899. The first-order valence-corrected chi connectivity index (χ1v) is 16.4. The van der Waals surface area contributed by atoms with Crippen LogP contribution in [0.25, 0.3) is 0 Å². The van der Waals surface area contributed by atoms with Crippen LogP contribution in [0.3, 0.4) is 0 Å². The molecule has 7 nitrogen and oxygen atoms in total. The third-order valence-electron chi connectivity index (χ3n) is 6.95. The predicted molar refractivity (Wildman–Crippen MR) is 176 cm³/mol. The van der Waals surface area contributed by atoms with Gasteiger partial charge in [0.1, 0.15) is 12.6 Å². The Morgan fingerprint density at radius 3 is 2.05 bits per heavy atom. The van der Waals surface area contributed by atoms with E-state index in [-0.39, 0.29) is 29.8 Å². The Kier molecular flexibility index (Phi) is 11.1. The molecule has 0 unspecified atom stereocenters. The zero-order chi connectivity index (χ0) is 31.9. The Balaban J connectivity index is 1.80. The Labute approximate surface area is 269 Å². The van der Waals surface area contributed by atoms with Gasteiger partial charge in [0.25, 0.3) is 10.0 Å². The number of rotatable bonds is 12. The Morgan fingerprint density at radius 2 is 1.43 bits per heavy atom. The summed E-state index contributed by atoms with van der Waals surface area (Å²) in [6.45, 7) is 5.07. The van der Waals surface area contributed by atoms with Gasteiger partial charge in [-0.25, -0.2) is 8.42 Å². The van der Waals surface area contributed by atoms with E-state index >= 15 is 0 Å². The van der Waals surface area contributed by atoms with E-state index in [2.05, 4.69) is 5.32 Å². The van der Waals surface area contributed by atoms with Crippen molar-refractivity contribution >= 4 is 50.7 Å². The van der Waals surface area contributed by atoms with E-state index in [1.165, 1.54) is 29.2 Å². The van der Waals surface area contributed by atoms with Gasteiger partial charge < -0.3 is 10.2 Å². The van der Waals surface area contributed by atoms with E-state index in [1.54, 1.807) is 42.5 Å². The summed E-state index contributed by atoms with van der Waals surface area (Å²) in [5, 5.41) is 3.81. The molecule has 1 N–H and O–H groups in total. The summed E-state index contributed by atoms with van der Waals surface area (Å²) in [6, 6.07) is 28.0. The van der Waals surface area contributed by atoms with Gasteiger partial charge in [0.2, 0.25) is 11.8 Å². The quantitative estimate of drug-likeness (QED) is 0.186. The number of nitrogens with zero attached hydrogens (tertiary/aromatic N) is 2. The predicted octanol–water partition coefficient (Wildman–Crippen LogP) is 6.66. The average molecular weight is 653 g/mol. The minimum absolute atomic E-state index is 0.0185. The van der Waals surface area contributed by atoms with Crippen molar-refractivity contribution in [1.82, 2.24) is 10.2 Å². The number of halogens is 2. The summed E-state index contributed by atoms with van der Waals surface area (Å²) < 4.78 is 29.2. The molecular weight excluding hydrogens is 617 g/mol. The number of carbonyl (C=O) groups is 2. The fraction of sp³-hybridized carbons (Fsp3) is 0.235. The number of hydrogen-bond donors (Lipinski definition) is 1. The third-order valence-corrected chi connectivity index (χ3v) is 9.22. The first-order chi connectivity index (χ1) is 20.9. The lowest BCUT2D eigenvalue weighted by atomic mass is 10.0. The lowest BCUT2D eigenvalue weighted by molar-refractivity contribution is -0.140. The van der Waals surface area contributed by atoms with Crippen LogP contribution in [-0.2, 0) is 32.6 Å². The number of amides is 2. The molecule has 10 heteroatoms. The first-order valence-electron chi connectivity index (χ1n) is 14.2. The highest BCUT2D eigenvalue weighted by Crippen LogP contribution is 2.26. The Hall–Kier alpha value is -3.85. The number of sulfonamides is 1. The molecule has 2 amide bonds. The molecule has 0 aliphatic heterocycles. The monoisotopic (exact) mass is 651 g/mol. The lowest BCUT2D eigenvalue weighted by Crippen LogP contribution is -2.54. The summed E-state index contributed by atoms with van der Waals surface area (Å²) in [7, 11) is -4.21. The van der Waals surface area contributed by atoms with E-state index in [9.17, 15) is 18.0 Å². The number of aryl methyl sites for hydroxylation is 1. The number of benzene rings is 4. The maximum atomic E-state index is 14.4. The van der Waals surface area contributed by atoms with Gasteiger partial charge in [0.05, 0.1) is 10.6 Å². The summed E-state index contributed by atoms with van der Waals surface area (Å²) in [4.78, 5) is 29.6. The van der Waals surface area contributed by atoms with Crippen molar-refractivity contribution < 1.29 is 18.0 Å². The molecule has 0 radical (unpaired) electrons. The molecule has 0 aliphatic rings. The van der Waals surface area contributed by atoms with E-state index in [1.807, 2.05) is 57.2 Å². The van der Waals surface area contributed by atoms with Crippen LogP contribution in [0.15, 0.2) is 108 Å². The van der Waals surface area contributed by atoms with Crippen molar-refractivity contribution in [2.75, 3.05) is 10.8 Å². The van der Waals surface area contributed by atoms with E-state index < -0.39 is 28.5 Å². The Bertz CT molecular complexity index is 1680. The minimum atomic E-state index is -4.21. The van der Waals surface area contributed by atoms with Gasteiger partial charge in [-0.1, -0.05) is 83.4 Å². The van der Waals surface area contributed by atoms with Gasteiger partial charge in [-0.15, -0.1) is 0 Å². The largest absolute Gasteiger partial charge is 0.352 e. The molecule has 0 fully saturated rings. The molecule has 0 saturated carbocycles.